The number of carbonyl (C=O) groups excluding carboxylic acids is 3. The Kier molecular flexibility index (Phi) is 7.73. The number of aryl methyl sites for hydroxylation is 1. The number of carbonyl (C=O) groups is 3. The first-order chi connectivity index (χ1) is 20.4. The molecule has 0 bridgehead atoms. The van der Waals surface area contributed by atoms with E-state index in [9.17, 15) is 19.2 Å². The second-order valence-electron chi connectivity index (χ2n) is 11.9. The maximum atomic E-state index is 14.1. The molecule has 6 rings (SSSR count). The molecule has 220 valence electrons. The molecule has 0 spiro atoms. The lowest BCUT2D eigenvalue weighted by atomic mass is 9.81. The smallest absolute Gasteiger partial charge is 0.308 e. The number of rotatable bonds is 5. The van der Waals surface area contributed by atoms with Crippen LogP contribution in [0.15, 0.2) is 87.1 Å². The highest BCUT2D eigenvalue weighted by atomic mass is 79.9. The predicted octanol–water partition coefficient (Wildman–Crippen LogP) is 6.71. The van der Waals surface area contributed by atoms with E-state index in [2.05, 4.69) is 42.0 Å². The average Bonchev–Trinajstić information content (AvgIpc) is 3.40. The van der Waals surface area contributed by atoms with Crippen LogP contribution in [-0.2, 0) is 26.3 Å². The number of hydrogen-bond donors (Lipinski definition) is 1. The Bertz CT molecular complexity index is 1790. The standard InChI is InChI=1S/C33H30BrN3O4S2/c1-18-5-13-22(14-6-18)35-24(38)17-36-31-28(43-32(36)41)25(19-7-9-20(10-8-19)33(2,3)4)26-27(42-31)30(40)37(29(26)39)23-15-11-21(34)12-16-23/h5-16,25-27H,17H2,1-4H3,(H,35,38). The van der Waals surface area contributed by atoms with Gasteiger partial charge in [0.15, 0.2) is 0 Å². The van der Waals surface area contributed by atoms with Crippen LogP contribution in [0.3, 0.4) is 0 Å². The molecule has 3 heterocycles. The Morgan fingerprint density at radius 3 is 2.19 bits per heavy atom. The normalized spacial score (nSPS) is 19.7. The monoisotopic (exact) mass is 675 g/mol. The molecule has 3 amide bonds. The molecule has 3 aromatic carbocycles. The van der Waals surface area contributed by atoms with Gasteiger partial charge in [-0.25, -0.2) is 4.90 Å². The van der Waals surface area contributed by atoms with Crippen molar-refractivity contribution in [2.45, 2.75) is 55.8 Å². The molecule has 3 atom stereocenters. The summed E-state index contributed by atoms with van der Waals surface area (Å²) < 4.78 is 2.29. The van der Waals surface area contributed by atoms with Gasteiger partial charge in [0.05, 0.1) is 16.6 Å². The molecule has 1 fully saturated rings. The molecular weight excluding hydrogens is 646 g/mol. The minimum atomic E-state index is -0.739. The number of hydrogen-bond acceptors (Lipinski definition) is 6. The Morgan fingerprint density at radius 1 is 0.907 bits per heavy atom. The third-order valence-electron chi connectivity index (χ3n) is 7.91. The van der Waals surface area contributed by atoms with E-state index in [1.165, 1.54) is 21.2 Å². The number of nitrogens with zero attached hydrogens (tertiary/aromatic N) is 2. The molecule has 2 aliphatic heterocycles. The van der Waals surface area contributed by atoms with E-state index in [-0.39, 0.29) is 34.6 Å². The number of amides is 3. The van der Waals surface area contributed by atoms with Gasteiger partial charge in [-0.05, 0) is 59.9 Å². The predicted molar refractivity (Wildman–Crippen MR) is 175 cm³/mol. The van der Waals surface area contributed by atoms with Gasteiger partial charge in [-0.3, -0.25) is 23.7 Å². The summed E-state index contributed by atoms with van der Waals surface area (Å²) in [4.78, 5) is 56.2. The second kappa shape index (κ2) is 11.2. The molecule has 7 nitrogen and oxygen atoms in total. The van der Waals surface area contributed by atoms with Crippen LogP contribution in [0.4, 0.5) is 11.4 Å². The van der Waals surface area contributed by atoms with Crippen molar-refractivity contribution in [3.05, 3.63) is 109 Å². The molecule has 2 aliphatic rings. The van der Waals surface area contributed by atoms with Crippen molar-refractivity contribution in [2.75, 3.05) is 10.2 Å². The molecule has 1 saturated heterocycles. The van der Waals surface area contributed by atoms with Crippen LogP contribution in [0, 0.1) is 12.8 Å². The summed E-state index contributed by atoms with van der Waals surface area (Å²) in [6.07, 6.45) is 0. The quantitative estimate of drug-likeness (QED) is 0.238. The van der Waals surface area contributed by atoms with Gasteiger partial charge >= 0.3 is 4.87 Å². The van der Waals surface area contributed by atoms with Gasteiger partial charge in [0, 0.05) is 21.0 Å². The van der Waals surface area contributed by atoms with Crippen molar-refractivity contribution < 1.29 is 14.4 Å². The van der Waals surface area contributed by atoms with E-state index in [0.717, 1.165) is 32.5 Å². The molecular formula is C33H30BrN3O4S2. The van der Waals surface area contributed by atoms with Gasteiger partial charge in [-0.2, -0.15) is 0 Å². The molecule has 4 aromatic rings. The molecule has 3 unspecified atom stereocenters. The van der Waals surface area contributed by atoms with Crippen LogP contribution in [0.2, 0.25) is 0 Å². The van der Waals surface area contributed by atoms with Crippen LogP contribution in [0.25, 0.3) is 0 Å². The van der Waals surface area contributed by atoms with Gasteiger partial charge in [0.1, 0.15) is 11.8 Å². The molecule has 10 heteroatoms. The number of nitrogens with one attached hydrogen (secondary N) is 1. The number of aromatic nitrogens is 1. The van der Waals surface area contributed by atoms with E-state index in [1.54, 1.807) is 24.3 Å². The minimum Gasteiger partial charge on any atom is -0.325 e. The van der Waals surface area contributed by atoms with Gasteiger partial charge in [0.25, 0.3) is 0 Å². The molecule has 43 heavy (non-hydrogen) atoms. The number of fused-ring (bicyclic) bond motifs is 2. The highest BCUT2D eigenvalue weighted by Crippen LogP contribution is 2.54. The molecule has 0 aliphatic carbocycles. The Morgan fingerprint density at radius 2 is 1.56 bits per heavy atom. The topological polar surface area (TPSA) is 88.5 Å². The fraction of sp³-hybridized carbons (Fsp3) is 0.273. The zero-order valence-electron chi connectivity index (χ0n) is 24.1. The van der Waals surface area contributed by atoms with Crippen molar-refractivity contribution >= 4 is 68.1 Å². The van der Waals surface area contributed by atoms with Crippen molar-refractivity contribution in [3.63, 3.8) is 0 Å². The van der Waals surface area contributed by atoms with E-state index in [4.69, 9.17) is 0 Å². The average molecular weight is 677 g/mol. The van der Waals surface area contributed by atoms with E-state index >= 15 is 0 Å². The lowest BCUT2D eigenvalue weighted by Crippen LogP contribution is -2.33. The second-order valence-corrected chi connectivity index (χ2v) is 15.0. The summed E-state index contributed by atoms with van der Waals surface area (Å²) in [7, 11) is 0. The largest absolute Gasteiger partial charge is 0.325 e. The zero-order valence-corrected chi connectivity index (χ0v) is 27.3. The lowest BCUT2D eigenvalue weighted by Gasteiger charge is -2.31. The molecule has 1 N–H and O–H groups in total. The Labute approximate surface area is 266 Å². The molecule has 0 radical (unpaired) electrons. The van der Waals surface area contributed by atoms with Crippen LogP contribution in [0.1, 0.15) is 48.3 Å². The Balaban J connectivity index is 1.41. The fourth-order valence-corrected chi connectivity index (χ4v) is 8.67. The van der Waals surface area contributed by atoms with Gasteiger partial charge in [0.2, 0.25) is 17.7 Å². The van der Waals surface area contributed by atoms with Crippen molar-refractivity contribution in [1.29, 1.82) is 0 Å². The summed E-state index contributed by atoms with van der Waals surface area (Å²) in [6.45, 7) is 8.17. The van der Waals surface area contributed by atoms with E-state index < -0.39 is 17.1 Å². The maximum Gasteiger partial charge on any atom is 0.308 e. The first-order valence-corrected chi connectivity index (χ1v) is 16.4. The van der Waals surface area contributed by atoms with Crippen molar-refractivity contribution in [3.8, 4) is 0 Å². The van der Waals surface area contributed by atoms with Gasteiger partial charge < -0.3 is 5.32 Å². The fourth-order valence-electron chi connectivity index (χ4n) is 5.63. The number of imide groups is 1. The first-order valence-electron chi connectivity index (χ1n) is 13.9. The number of anilines is 2. The SMILES string of the molecule is Cc1ccc(NC(=O)Cn2c3c(sc2=O)C(c2ccc(C(C)(C)C)cc2)C2C(=O)N(c4ccc(Br)cc4)C(=O)C2S3)cc1. The first kappa shape index (κ1) is 29.6. The number of halogens is 1. The Hall–Kier alpha value is -3.47. The third kappa shape index (κ3) is 5.52. The highest BCUT2D eigenvalue weighted by Gasteiger charge is 2.56. The number of benzene rings is 3. The summed E-state index contributed by atoms with van der Waals surface area (Å²) in [5.74, 6) is -2.15. The van der Waals surface area contributed by atoms with Crippen LogP contribution in [0.5, 0.6) is 0 Å². The lowest BCUT2D eigenvalue weighted by molar-refractivity contribution is -0.122. The summed E-state index contributed by atoms with van der Waals surface area (Å²) in [5.41, 5.74) is 4.15. The molecule has 0 saturated carbocycles. The number of thiazole rings is 1. The zero-order chi connectivity index (χ0) is 30.6. The van der Waals surface area contributed by atoms with Crippen LogP contribution < -0.4 is 15.1 Å². The molecule has 1 aromatic heterocycles. The summed E-state index contributed by atoms with van der Waals surface area (Å²) in [6, 6.07) is 22.6. The van der Waals surface area contributed by atoms with E-state index in [1.807, 2.05) is 55.5 Å². The maximum absolute atomic E-state index is 14.1. The number of thioether (sulfide) groups is 1. The third-order valence-corrected chi connectivity index (χ3v) is 11.0. The van der Waals surface area contributed by atoms with Crippen molar-refractivity contribution in [2.24, 2.45) is 5.92 Å². The summed E-state index contributed by atoms with van der Waals surface area (Å²) in [5, 5.41) is 2.69. The minimum absolute atomic E-state index is 0.0644. The van der Waals surface area contributed by atoms with Crippen LogP contribution >= 0.6 is 39.0 Å². The van der Waals surface area contributed by atoms with Crippen LogP contribution in [-0.4, -0.2) is 27.5 Å². The van der Waals surface area contributed by atoms with E-state index in [0.29, 0.717) is 21.3 Å². The highest BCUT2D eigenvalue weighted by molar-refractivity contribution is 9.10. The summed E-state index contributed by atoms with van der Waals surface area (Å²) >= 11 is 5.69. The van der Waals surface area contributed by atoms with Crippen molar-refractivity contribution in [1.82, 2.24) is 4.57 Å². The van der Waals surface area contributed by atoms with Gasteiger partial charge in [-0.1, -0.05) is 102 Å². The van der Waals surface area contributed by atoms with Gasteiger partial charge in [-0.15, -0.1) is 0 Å².